The number of alkyl halides is 3. The summed E-state index contributed by atoms with van der Waals surface area (Å²) in [5.41, 5.74) is 0.190. The van der Waals surface area contributed by atoms with Crippen LogP contribution >= 0.6 is 11.6 Å². The van der Waals surface area contributed by atoms with E-state index < -0.39 is 11.7 Å². The summed E-state index contributed by atoms with van der Waals surface area (Å²) in [6, 6.07) is 2.28. The van der Waals surface area contributed by atoms with Gasteiger partial charge in [0, 0.05) is 6.20 Å². The van der Waals surface area contributed by atoms with Crippen LogP contribution in [0.3, 0.4) is 0 Å². The third kappa shape index (κ3) is 1.67. The van der Waals surface area contributed by atoms with Crippen LogP contribution < -0.4 is 0 Å². The van der Waals surface area contributed by atoms with Crippen LogP contribution in [-0.2, 0) is 6.18 Å². The summed E-state index contributed by atoms with van der Waals surface area (Å²) in [6.07, 6.45) is -3.36. The van der Waals surface area contributed by atoms with Gasteiger partial charge in [-0.15, -0.1) is 0 Å². The molecule has 0 aliphatic carbocycles. The standard InChI is InChI=1S/C9H6ClF3N2/c1-5-8(10)14-7-3-2-6(4-15(5)7)9(11,12)13/h2-4H,1H3. The number of pyridine rings is 1. The van der Waals surface area contributed by atoms with E-state index >= 15 is 0 Å². The largest absolute Gasteiger partial charge is 0.417 e. The van der Waals surface area contributed by atoms with Gasteiger partial charge >= 0.3 is 6.18 Å². The zero-order valence-electron chi connectivity index (χ0n) is 7.64. The van der Waals surface area contributed by atoms with Gasteiger partial charge in [0.1, 0.15) is 5.65 Å². The molecule has 0 fully saturated rings. The van der Waals surface area contributed by atoms with Crippen molar-refractivity contribution in [2.75, 3.05) is 0 Å². The van der Waals surface area contributed by atoms with Crippen LogP contribution in [0, 0.1) is 6.92 Å². The SMILES string of the molecule is Cc1c(Cl)nc2ccc(C(F)(F)F)cn12. The minimum Gasteiger partial charge on any atom is -0.302 e. The molecule has 80 valence electrons. The molecule has 2 nitrogen and oxygen atoms in total. The second-order valence-corrected chi connectivity index (χ2v) is 3.49. The van der Waals surface area contributed by atoms with Gasteiger partial charge in [-0.05, 0) is 19.1 Å². The second-order valence-electron chi connectivity index (χ2n) is 3.13. The highest BCUT2D eigenvalue weighted by Gasteiger charge is 2.31. The molecule has 0 saturated heterocycles. The Morgan fingerprint density at radius 1 is 1.33 bits per heavy atom. The lowest BCUT2D eigenvalue weighted by Gasteiger charge is -2.06. The molecule has 0 atom stereocenters. The molecule has 15 heavy (non-hydrogen) atoms. The number of rotatable bonds is 0. The van der Waals surface area contributed by atoms with Crippen molar-refractivity contribution < 1.29 is 13.2 Å². The topological polar surface area (TPSA) is 17.3 Å². The zero-order chi connectivity index (χ0) is 11.2. The molecule has 0 N–H and O–H groups in total. The first-order valence-corrected chi connectivity index (χ1v) is 4.49. The second kappa shape index (κ2) is 3.13. The Hall–Kier alpha value is -1.23. The molecule has 2 aromatic rings. The Kier molecular flexibility index (Phi) is 2.15. The number of fused-ring (bicyclic) bond motifs is 1. The highest BCUT2D eigenvalue weighted by Crippen LogP contribution is 2.30. The number of nitrogens with zero attached hydrogens (tertiary/aromatic N) is 2. The van der Waals surface area contributed by atoms with Crippen LogP contribution in [-0.4, -0.2) is 9.38 Å². The first-order valence-electron chi connectivity index (χ1n) is 4.11. The van der Waals surface area contributed by atoms with Gasteiger partial charge < -0.3 is 4.40 Å². The molecule has 0 aromatic carbocycles. The lowest BCUT2D eigenvalue weighted by atomic mass is 10.3. The summed E-state index contributed by atoms with van der Waals surface area (Å²) < 4.78 is 38.5. The molecule has 0 bridgehead atoms. The minimum absolute atomic E-state index is 0.217. The molecule has 0 spiro atoms. The van der Waals surface area contributed by atoms with E-state index in [4.69, 9.17) is 11.6 Å². The fraction of sp³-hybridized carbons (Fsp3) is 0.222. The average molecular weight is 235 g/mol. The maximum absolute atomic E-state index is 12.4. The minimum atomic E-state index is -4.35. The lowest BCUT2D eigenvalue weighted by molar-refractivity contribution is -0.137. The molecule has 2 rings (SSSR count). The summed E-state index contributed by atoms with van der Waals surface area (Å²) in [5.74, 6) is 0. The third-order valence-corrected chi connectivity index (χ3v) is 2.48. The highest BCUT2D eigenvalue weighted by atomic mass is 35.5. The summed E-state index contributed by atoms with van der Waals surface area (Å²) in [6.45, 7) is 1.61. The van der Waals surface area contributed by atoms with Crippen LogP contribution in [0.5, 0.6) is 0 Å². The molecule has 2 heterocycles. The fourth-order valence-corrected chi connectivity index (χ4v) is 1.48. The molecule has 6 heteroatoms. The molecule has 0 unspecified atom stereocenters. The van der Waals surface area contributed by atoms with Crippen molar-refractivity contribution in [2.24, 2.45) is 0 Å². The predicted molar refractivity (Wildman–Crippen MR) is 49.9 cm³/mol. The Labute approximate surface area is 88.3 Å². The van der Waals surface area contributed by atoms with Crippen LogP contribution in [0.4, 0.5) is 13.2 Å². The van der Waals surface area contributed by atoms with Crippen LogP contribution in [0.2, 0.25) is 5.15 Å². The molecule has 0 amide bonds. The van der Waals surface area contributed by atoms with Crippen molar-refractivity contribution in [3.8, 4) is 0 Å². The predicted octanol–water partition coefficient (Wildman–Crippen LogP) is 3.31. The number of hydrogen-bond acceptors (Lipinski definition) is 1. The smallest absolute Gasteiger partial charge is 0.302 e. The Balaban J connectivity index is 2.70. The van der Waals surface area contributed by atoms with Crippen molar-refractivity contribution in [1.29, 1.82) is 0 Å². The van der Waals surface area contributed by atoms with Crippen molar-refractivity contribution in [2.45, 2.75) is 13.1 Å². The van der Waals surface area contributed by atoms with Gasteiger partial charge in [-0.2, -0.15) is 13.2 Å². The zero-order valence-corrected chi connectivity index (χ0v) is 8.39. The van der Waals surface area contributed by atoms with Gasteiger partial charge in [-0.25, -0.2) is 4.98 Å². The number of imidazole rings is 1. The summed E-state index contributed by atoms with van der Waals surface area (Å²) >= 11 is 5.71. The Bertz CT molecular complexity index is 516. The first kappa shape index (κ1) is 10.3. The van der Waals surface area contributed by atoms with E-state index in [0.717, 1.165) is 12.3 Å². The molecular weight excluding hydrogens is 229 g/mol. The monoisotopic (exact) mass is 234 g/mol. The van der Waals surface area contributed by atoms with Gasteiger partial charge in [0.15, 0.2) is 5.15 Å². The number of hydrogen-bond donors (Lipinski definition) is 0. The maximum atomic E-state index is 12.4. The molecule has 0 radical (unpaired) electrons. The van der Waals surface area contributed by atoms with E-state index in [0.29, 0.717) is 11.3 Å². The molecule has 0 saturated carbocycles. The number of halogens is 4. The van der Waals surface area contributed by atoms with E-state index in [9.17, 15) is 13.2 Å². The van der Waals surface area contributed by atoms with E-state index in [2.05, 4.69) is 4.98 Å². The van der Waals surface area contributed by atoms with Crippen molar-refractivity contribution in [1.82, 2.24) is 9.38 Å². The Morgan fingerprint density at radius 3 is 2.60 bits per heavy atom. The highest BCUT2D eigenvalue weighted by molar-refractivity contribution is 6.30. The van der Waals surface area contributed by atoms with Gasteiger partial charge in [0.2, 0.25) is 0 Å². The van der Waals surface area contributed by atoms with Crippen molar-refractivity contribution in [3.63, 3.8) is 0 Å². The normalized spacial score (nSPS) is 12.3. The van der Waals surface area contributed by atoms with Gasteiger partial charge in [0.05, 0.1) is 11.3 Å². The molecule has 0 aliphatic heterocycles. The molecular formula is C9H6ClF3N2. The average Bonchev–Trinajstić information content (AvgIpc) is 2.41. The van der Waals surface area contributed by atoms with Gasteiger partial charge in [-0.1, -0.05) is 11.6 Å². The molecule has 0 aliphatic rings. The van der Waals surface area contributed by atoms with Gasteiger partial charge in [-0.3, -0.25) is 0 Å². The first-order chi connectivity index (χ1) is 6.89. The van der Waals surface area contributed by atoms with Crippen LogP contribution in [0.25, 0.3) is 5.65 Å². The van der Waals surface area contributed by atoms with Crippen LogP contribution in [0.15, 0.2) is 18.3 Å². The summed E-state index contributed by atoms with van der Waals surface area (Å²) in [7, 11) is 0. The van der Waals surface area contributed by atoms with Crippen molar-refractivity contribution in [3.05, 3.63) is 34.7 Å². The summed E-state index contributed by atoms with van der Waals surface area (Å²) in [5, 5.41) is 0.217. The van der Waals surface area contributed by atoms with E-state index in [1.807, 2.05) is 0 Å². The van der Waals surface area contributed by atoms with E-state index in [1.54, 1.807) is 6.92 Å². The van der Waals surface area contributed by atoms with Crippen LogP contribution in [0.1, 0.15) is 11.3 Å². The van der Waals surface area contributed by atoms with Crippen molar-refractivity contribution >= 4 is 17.2 Å². The number of aromatic nitrogens is 2. The van der Waals surface area contributed by atoms with Gasteiger partial charge in [0.25, 0.3) is 0 Å². The molecule has 2 aromatic heterocycles. The number of aryl methyl sites for hydroxylation is 1. The fourth-order valence-electron chi connectivity index (χ4n) is 1.30. The summed E-state index contributed by atoms with van der Waals surface area (Å²) in [4.78, 5) is 3.90. The van der Waals surface area contributed by atoms with E-state index in [1.165, 1.54) is 10.5 Å². The maximum Gasteiger partial charge on any atom is 0.417 e. The quantitative estimate of drug-likeness (QED) is 0.684. The van der Waals surface area contributed by atoms with E-state index in [-0.39, 0.29) is 5.15 Å². The third-order valence-electron chi connectivity index (χ3n) is 2.13. The Morgan fingerprint density at radius 2 is 2.00 bits per heavy atom. The lowest BCUT2D eigenvalue weighted by Crippen LogP contribution is -2.06.